The van der Waals surface area contributed by atoms with Crippen molar-refractivity contribution in [2.75, 3.05) is 26.2 Å². The van der Waals surface area contributed by atoms with Crippen LogP contribution in [0.1, 0.15) is 21.5 Å². The van der Waals surface area contributed by atoms with Crippen LogP contribution in [0.2, 0.25) is 5.02 Å². The minimum atomic E-state index is -0.291. The van der Waals surface area contributed by atoms with Crippen LogP contribution in [0.3, 0.4) is 0 Å². The standard InChI is InChI=1S/C25H24ClFN2O2/c26-22-3-1-2-20(16-22)17-28-12-14-29(15-13-28)25(30)21-6-4-19(5-7-21)18-31-24-10-8-23(27)9-11-24/h1-11,16H,12-15,17-18H2. The molecule has 31 heavy (non-hydrogen) atoms. The van der Waals surface area contributed by atoms with Crippen molar-refractivity contribution in [1.82, 2.24) is 9.80 Å². The molecule has 160 valence electrons. The molecule has 0 N–H and O–H groups in total. The monoisotopic (exact) mass is 438 g/mol. The number of hydrogen-bond acceptors (Lipinski definition) is 3. The van der Waals surface area contributed by atoms with Crippen molar-refractivity contribution in [2.45, 2.75) is 13.2 Å². The smallest absolute Gasteiger partial charge is 0.253 e. The van der Waals surface area contributed by atoms with Gasteiger partial charge in [0.15, 0.2) is 0 Å². The molecule has 0 saturated carbocycles. The Balaban J connectivity index is 1.27. The summed E-state index contributed by atoms with van der Waals surface area (Å²) in [5.41, 5.74) is 2.81. The molecule has 1 aliphatic heterocycles. The zero-order chi connectivity index (χ0) is 21.6. The van der Waals surface area contributed by atoms with Gasteiger partial charge in [-0.3, -0.25) is 9.69 Å². The van der Waals surface area contributed by atoms with Crippen molar-refractivity contribution in [1.29, 1.82) is 0 Å². The number of amides is 1. The maximum Gasteiger partial charge on any atom is 0.253 e. The first-order valence-electron chi connectivity index (χ1n) is 10.3. The second-order valence-corrected chi connectivity index (χ2v) is 8.07. The van der Waals surface area contributed by atoms with Crippen LogP contribution in [0.4, 0.5) is 4.39 Å². The van der Waals surface area contributed by atoms with Crippen LogP contribution in [0, 0.1) is 5.82 Å². The highest BCUT2D eigenvalue weighted by molar-refractivity contribution is 6.30. The number of carbonyl (C=O) groups excluding carboxylic acids is 1. The van der Waals surface area contributed by atoms with E-state index in [4.69, 9.17) is 16.3 Å². The number of piperazine rings is 1. The first-order chi connectivity index (χ1) is 15.1. The number of hydrogen-bond donors (Lipinski definition) is 0. The molecule has 6 heteroatoms. The van der Waals surface area contributed by atoms with Crippen LogP contribution >= 0.6 is 11.6 Å². The average Bonchev–Trinajstić information content (AvgIpc) is 2.79. The quantitative estimate of drug-likeness (QED) is 0.542. The SMILES string of the molecule is O=C(c1ccc(COc2ccc(F)cc2)cc1)N1CCN(Cc2cccc(Cl)c2)CC1. The third kappa shape index (κ3) is 5.84. The van der Waals surface area contributed by atoms with Crippen LogP contribution in [0.25, 0.3) is 0 Å². The molecule has 3 aromatic rings. The van der Waals surface area contributed by atoms with Gasteiger partial charge in [-0.05, 0) is 59.7 Å². The van der Waals surface area contributed by atoms with Gasteiger partial charge in [-0.25, -0.2) is 4.39 Å². The van der Waals surface area contributed by atoms with E-state index in [-0.39, 0.29) is 11.7 Å². The number of nitrogens with zero attached hydrogens (tertiary/aromatic N) is 2. The lowest BCUT2D eigenvalue weighted by molar-refractivity contribution is 0.0628. The summed E-state index contributed by atoms with van der Waals surface area (Å²) in [6, 6.07) is 21.3. The molecule has 1 amide bonds. The summed E-state index contributed by atoms with van der Waals surface area (Å²) < 4.78 is 18.6. The molecule has 3 aromatic carbocycles. The average molecular weight is 439 g/mol. The maximum absolute atomic E-state index is 13.0. The Kier molecular flexibility index (Phi) is 6.85. The molecule has 1 aliphatic rings. The van der Waals surface area contributed by atoms with Crippen LogP contribution in [0.15, 0.2) is 72.8 Å². The first kappa shape index (κ1) is 21.3. The van der Waals surface area contributed by atoms with Gasteiger partial charge in [0.1, 0.15) is 18.2 Å². The normalized spacial score (nSPS) is 14.5. The fourth-order valence-corrected chi connectivity index (χ4v) is 3.84. The Bertz CT molecular complexity index is 1020. The van der Waals surface area contributed by atoms with E-state index in [9.17, 15) is 9.18 Å². The molecule has 0 unspecified atom stereocenters. The summed E-state index contributed by atoms with van der Waals surface area (Å²) in [5.74, 6) is 0.367. The minimum Gasteiger partial charge on any atom is -0.489 e. The molecule has 4 rings (SSSR count). The van der Waals surface area contributed by atoms with Crippen molar-refractivity contribution in [3.05, 3.63) is 100 Å². The predicted octanol–water partition coefficient (Wildman–Crippen LogP) is 5.02. The number of carbonyl (C=O) groups is 1. The third-order valence-electron chi connectivity index (χ3n) is 5.37. The van der Waals surface area contributed by atoms with Gasteiger partial charge in [0.25, 0.3) is 5.91 Å². The van der Waals surface area contributed by atoms with Crippen molar-refractivity contribution in [3.8, 4) is 5.75 Å². The van der Waals surface area contributed by atoms with Gasteiger partial charge in [0, 0.05) is 43.3 Å². The lowest BCUT2D eigenvalue weighted by Crippen LogP contribution is -2.48. The van der Waals surface area contributed by atoms with Gasteiger partial charge >= 0.3 is 0 Å². The molecule has 1 fully saturated rings. The van der Waals surface area contributed by atoms with E-state index in [2.05, 4.69) is 11.0 Å². The van der Waals surface area contributed by atoms with Crippen molar-refractivity contribution in [2.24, 2.45) is 0 Å². The Labute approximate surface area is 186 Å². The lowest BCUT2D eigenvalue weighted by Gasteiger charge is -2.34. The number of halogens is 2. The van der Waals surface area contributed by atoms with Gasteiger partial charge in [-0.1, -0.05) is 35.9 Å². The van der Waals surface area contributed by atoms with Gasteiger partial charge < -0.3 is 9.64 Å². The molecule has 0 aliphatic carbocycles. The molecule has 0 spiro atoms. The van der Waals surface area contributed by atoms with Crippen LogP contribution in [0.5, 0.6) is 5.75 Å². The van der Waals surface area contributed by atoms with Gasteiger partial charge in [-0.2, -0.15) is 0 Å². The second-order valence-electron chi connectivity index (χ2n) is 7.64. The Hall–Kier alpha value is -2.89. The van der Waals surface area contributed by atoms with Crippen molar-refractivity contribution >= 4 is 17.5 Å². The van der Waals surface area contributed by atoms with Gasteiger partial charge in [-0.15, -0.1) is 0 Å². The van der Waals surface area contributed by atoms with E-state index in [1.807, 2.05) is 47.4 Å². The van der Waals surface area contributed by atoms with E-state index in [0.717, 1.165) is 30.2 Å². The van der Waals surface area contributed by atoms with E-state index in [1.165, 1.54) is 17.7 Å². The summed E-state index contributed by atoms with van der Waals surface area (Å²) in [5, 5.41) is 0.748. The fraction of sp³-hybridized carbons (Fsp3) is 0.240. The Morgan fingerprint density at radius 3 is 2.29 bits per heavy atom. The van der Waals surface area contributed by atoms with Crippen LogP contribution in [-0.2, 0) is 13.2 Å². The number of rotatable bonds is 6. The van der Waals surface area contributed by atoms with Crippen molar-refractivity contribution in [3.63, 3.8) is 0 Å². The summed E-state index contributed by atoms with van der Waals surface area (Å²) in [6.45, 7) is 4.28. The van der Waals surface area contributed by atoms with E-state index in [1.54, 1.807) is 12.1 Å². The molecule has 1 saturated heterocycles. The minimum absolute atomic E-state index is 0.0495. The third-order valence-corrected chi connectivity index (χ3v) is 5.61. The predicted molar refractivity (Wildman–Crippen MR) is 120 cm³/mol. The summed E-state index contributed by atoms with van der Waals surface area (Å²) in [7, 11) is 0. The maximum atomic E-state index is 13.0. The second kappa shape index (κ2) is 9.94. The molecule has 0 bridgehead atoms. The number of ether oxygens (including phenoxy) is 1. The first-order valence-corrected chi connectivity index (χ1v) is 10.7. The molecular formula is C25H24ClFN2O2. The lowest BCUT2D eigenvalue weighted by atomic mass is 10.1. The van der Waals surface area contributed by atoms with E-state index >= 15 is 0 Å². The van der Waals surface area contributed by atoms with Gasteiger partial charge in [0.2, 0.25) is 0 Å². The van der Waals surface area contributed by atoms with Gasteiger partial charge in [0.05, 0.1) is 0 Å². The zero-order valence-corrected chi connectivity index (χ0v) is 17.9. The highest BCUT2D eigenvalue weighted by Gasteiger charge is 2.22. The van der Waals surface area contributed by atoms with Crippen molar-refractivity contribution < 1.29 is 13.9 Å². The highest BCUT2D eigenvalue weighted by Crippen LogP contribution is 2.17. The topological polar surface area (TPSA) is 32.8 Å². The molecule has 0 atom stereocenters. The van der Waals surface area contributed by atoms with Crippen LogP contribution in [-0.4, -0.2) is 41.9 Å². The summed E-state index contributed by atoms with van der Waals surface area (Å²) in [4.78, 5) is 17.1. The Morgan fingerprint density at radius 1 is 0.903 bits per heavy atom. The molecule has 4 nitrogen and oxygen atoms in total. The van der Waals surface area contributed by atoms with E-state index in [0.29, 0.717) is 31.0 Å². The molecule has 0 radical (unpaired) electrons. The number of benzene rings is 3. The van der Waals surface area contributed by atoms with Crippen LogP contribution < -0.4 is 4.74 Å². The fourth-order valence-electron chi connectivity index (χ4n) is 3.63. The Morgan fingerprint density at radius 2 is 1.61 bits per heavy atom. The largest absolute Gasteiger partial charge is 0.489 e. The zero-order valence-electron chi connectivity index (χ0n) is 17.1. The molecule has 0 aromatic heterocycles. The highest BCUT2D eigenvalue weighted by atomic mass is 35.5. The summed E-state index contributed by atoms with van der Waals surface area (Å²) in [6.07, 6.45) is 0. The molecular weight excluding hydrogens is 415 g/mol. The molecule has 1 heterocycles. The van der Waals surface area contributed by atoms with E-state index < -0.39 is 0 Å². The summed E-state index contributed by atoms with van der Waals surface area (Å²) >= 11 is 6.07.